The van der Waals surface area contributed by atoms with Gasteiger partial charge >= 0.3 is 6.61 Å². The number of nitrogens with zero attached hydrogens (tertiary/aromatic N) is 6. The maximum absolute atomic E-state index is 12.8. The highest BCUT2D eigenvalue weighted by Gasteiger charge is 2.23. The average Bonchev–Trinajstić information content (AvgIpc) is 2.86. The van der Waals surface area contributed by atoms with Gasteiger partial charge in [0.15, 0.2) is 11.5 Å². The van der Waals surface area contributed by atoms with Crippen molar-refractivity contribution in [2.45, 2.75) is 40.0 Å². The molecule has 0 aromatic carbocycles. The van der Waals surface area contributed by atoms with Crippen molar-refractivity contribution in [2.75, 3.05) is 18.6 Å². The maximum Gasteiger partial charge on any atom is 0.388 e. The number of methoxy groups -OCH3 is 1. The van der Waals surface area contributed by atoms with E-state index < -0.39 is 6.61 Å². The van der Waals surface area contributed by atoms with Crippen LogP contribution in [0.15, 0.2) is 41.5 Å². The lowest BCUT2D eigenvalue weighted by Crippen LogP contribution is -2.34. The Balaban J connectivity index is 1.47. The van der Waals surface area contributed by atoms with E-state index >= 15 is 0 Å². The Labute approximate surface area is 205 Å². The molecule has 0 unspecified atom stereocenters. The second-order valence-corrected chi connectivity index (χ2v) is 8.59. The normalized spacial score (nSPS) is 13.3. The highest BCUT2D eigenvalue weighted by Crippen LogP contribution is 2.30. The van der Waals surface area contributed by atoms with Gasteiger partial charge in [0, 0.05) is 79.1 Å². The Morgan fingerprint density at radius 2 is 1.89 bits per heavy atom. The molecule has 0 saturated carbocycles. The first-order chi connectivity index (χ1) is 17.3. The molecular formula is C25H24F2N6O3. The van der Waals surface area contributed by atoms with E-state index in [0.29, 0.717) is 30.9 Å². The van der Waals surface area contributed by atoms with Crippen LogP contribution in [0.3, 0.4) is 0 Å². The Morgan fingerprint density at radius 3 is 2.61 bits per heavy atom. The minimum absolute atomic E-state index is 0.141. The van der Waals surface area contributed by atoms with Gasteiger partial charge < -0.3 is 14.4 Å². The molecular weight excluding hydrogens is 470 g/mol. The van der Waals surface area contributed by atoms with Crippen molar-refractivity contribution in [1.82, 2.24) is 24.6 Å². The molecule has 1 aliphatic rings. The summed E-state index contributed by atoms with van der Waals surface area (Å²) in [7, 11) is 1.56. The molecule has 4 aromatic rings. The smallest absolute Gasteiger partial charge is 0.388 e. The summed E-state index contributed by atoms with van der Waals surface area (Å²) >= 11 is 0. The molecule has 0 saturated heterocycles. The zero-order chi connectivity index (χ0) is 25.4. The molecule has 0 N–H and O–H groups in total. The highest BCUT2D eigenvalue weighted by molar-refractivity contribution is 5.64. The average molecular weight is 495 g/mol. The first kappa shape index (κ1) is 23.7. The fraction of sp³-hybridized carbons (Fsp3) is 0.320. The number of fused-ring (bicyclic) bond motifs is 2. The second-order valence-electron chi connectivity index (χ2n) is 8.59. The Kier molecular flexibility index (Phi) is 6.31. The van der Waals surface area contributed by atoms with Gasteiger partial charge in [0.1, 0.15) is 0 Å². The van der Waals surface area contributed by atoms with Crippen molar-refractivity contribution in [3.63, 3.8) is 0 Å². The maximum atomic E-state index is 12.8. The van der Waals surface area contributed by atoms with Crippen molar-refractivity contribution in [2.24, 2.45) is 0 Å². The number of rotatable bonds is 6. The summed E-state index contributed by atoms with van der Waals surface area (Å²) in [6.45, 7) is 2.50. The lowest BCUT2D eigenvalue weighted by atomic mass is 10.0. The van der Waals surface area contributed by atoms with Gasteiger partial charge in [0.25, 0.3) is 5.56 Å². The van der Waals surface area contributed by atoms with E-state index in [4.69, 9.17) is 4.74 Å². The number of pyridine rings is 2. The van der Waals surface area contributed by atoms with Gasteiger partial charge in [0.2, 0.25) is 5.88 Å². The number of hydrogen-bond acceptors (Lipinski definition) is 8. The van der Waals surface area contributed by atoms with Gasteiger partial charge in [-0.15, -0.1) is 5.10 Å². The number of hydrogen-bond donors (Lipinski definition) is 0. The Hall–Kier alpha value is -3.99. The largest absolute Gasteiger partial charge is 0.417 e. The first-order valence-corrected chi connectivity index (χ1v) is 11.4. The molecule has 5 rings (SSSR count). The third-order valence-electron chi connectivity index (χ3n) is 6.29. The standard InChI is InChI=1S/C25H24F2N6O3/c1-14-15(2)24(31-33-22(34)9-19(13-35-3)30-23(14)33)32-7-6-20-18(12-32)8-17(11-28-20)16-4-5-21(29-10-16)36-25(26)27/h4-5,8-11,25H,6-7,12-13H2,1-3H3. The van der Waals surface area contributed by atoms with E-state index in [-0.39, 0.29) is 18.0 Å². The molecule has 4 aromatic heterocycles. The number of halogens is 2. The van der Waals surface area contributed by atoms with Crippen LogP contribution in [0.1, 0.15) is 28.1 Å². The lowest BCUT2D eigenvalue weighted by Gasteiger charge is -2.31. The molecule has 186 valence electrons. The van der Waals surface area contributed by atoms with Gasteiger partial charge in [-0.3, -0.25) is 9.78 Å². The van der Waals surface area contributed by atoms with E-state index in [1.165, 1.54) is 22.8 Å². The summed E-state index contributed by atoms with van der Waals surface area (Å²) in [5.74, 6) is 0.577. The summed E-state index contributed by atoms with van der Waals surface area (Å²) in [5, 5.41) is 4.67. The van der Waals surface area contributed by atoms with Crippen LogP contribution in [0, 0.1) is 13.8 Å². The fourth-order valence-corrected chi connectivity index (χ4v) is 4.37. The van der Waals surface area contributed by atoms with Crippen LogP contribution in [-0.2, 0) is 24.3 Å². The Morgan fingerprint density at radius 1 is 1.08 bits per heavy atom. The molecule has 0 radical (unpaired) electrons. The third-order valence-corrected chi connectivity index (χ3v) is 6.29. The van der Waals surface area contributed by atoms with Crippen molar-refractivity contribution < 1.29 is 18.3 Å². The SMILES string of the molecule is COCc1cc(=O)n2nc(N3CCc4ncc(-c5ccc(OC(F)F)nc5)cc4C3)c(C)c(C)c2n1. The van der Waals surface area contributed by atoms with E-state index in [1.54, 1.807) is 19.4 Å². The van der Waals surface area contributed by atoms with Crippen molar-refractivity contribution in [3.8, 4) is 17.0 Å². The van der Waals surface area contributed by atoms with Crippen LogP contribution in [0.2, 0.25) is 0 Å². The molecule has 0 atom stereocenters. The Bertz CT molecular complexity index is 1490. The fourth-order valence-electron chi connectivity index (χ4n) is 4.37. The van der Waals surface area contributed by atoms with Crippen molar-refractivity contribution in [1.29, 1.82) is 0 Å². The molecule has 9 nitrogen and oxygen atoms in total. The van der Waals surface area contributed by atoms with E-state index in [9.17, 15) is 13.6 Å². The zero-order valence-corrected chi connectivity index (χ0v) is 20.0. The van der Waals surface area contributed by atoms with E-state index in [0.717, 1.165) is 39.3 Å². The number of anilines is 1. The predicted octanol–water partition coefficient (Wildman–Crippen LogP) is 3.47. The quantitative estimate of drug-likeness (QED) is 0.402. The summed E-state index contributed by atoms with van der Waals surface area (Å²) < 4.78 is 35.6. The molecule has 0 aliphatic carbocycles. The molecule has 36 heavy (non-hydrogen) atoms. The third kappa shape index (κ3) is 4.49. The van der Waals surface area contributed by atoms with E-state index in [1.807, 2.05) is 19.9 Å². The molecule has 11 heteroatoms. The lowest BCUT2D eigenvalue weighted by molar-refractivity contribution is -0.0528. The zero-order valence-electron chi connectivity index (χ0n) is 20.0. The molecule has 0 spiro atoms. The summed E-state index contributed by atoms with van der Waals surface area (Å²) in [6, 6.07) is 6.54. The monoisotopic (exact) mass is 494 g/mol. The second kappa shape index (κ2) is 9.57. The predicted molar refractivity (Wildman–Crippen MR) is 128 cm³/mol. The van der Waals surface area contributed by atoms with Gasteiger partial charge in [-0.05, 0) is 31.5 Å². The minimum Gasteiger partial charge on any atom is -0.417 e. The number of ether oxygens (including phenoxy) is 2. The molecule has 0 amide bonds. The molecule has 0 fully saturated rings. The molecule has 0 bridgehead atoms. The van der Waals surface area contributed by atoms with Gasteiger partial charge in [-0.25, -0.2) is 9.97 Å². The van der Waals surface area contributed by atoms with Crippen LogP contribution >= 0.6 is 0 Å². The van der Waals surface area contributed by atoms with Crippen molar-refractivity contribution in [3.05, 3.63) is 75.1 Å². The number of alkyl halides is 2. The van der Waals surface area contributed by atoms with Gasteiger partial charge in [-0.2, -0.15) is 13.3 Å². The highest BCUT2D eigenvalue weighted by atomic mass is 19.3. The van der Waals surface area contributed by atoms with Crippen LogP contribution in [0.25, 0.3) is 16.8 Å². The molecule has 1 aliphatic heterocycles. The minimum atomic E-state index is -2.92. The van der Waals surface area contributed by atoms with Crippen LogP contribution in [0.5, 0.6) is 5.88 Å². The first-order valence-electron chi connectivity index (χ1n) is 11.4. The number of aromatic nitrogens is 5. The topological polar surface area (TPSA) is 94.7 Å². The van der Waals surface area contributed by atoms with Gasteiger partial charge in [-0.1, -0.05) is 0 Å². The van der Waals surface area contributed by atoms with Crippen LogP contribution in [0.4, 0.5) is 14.6 Å². The number of aryl methyl sites for hydroxylation is 1. The van der Waals surface area contributed by atoms with Crippen LogP contribution in [-0.4, -0.2) is 44.8 Å². The summed E-state index contributed by atoms with van der Waals surface area (Å²) in [5.41, 5.74) is 6.21. The molecule has 5 heterocycles. The van der Waals surface area contributed by atoms with Gasteiger partial charge in [0.05, 0.1) is 12.3 Å². The van der Waals surface area contributed by atoms with E-state index in [2.05, 4.69) is 29.7 Å². The summed E-state index contributed by atoms with van der Waals surface area (Å²) in [4.78, 5) is 28.0. The van der Waals surface area contributed by atoms with Crippen molar-refractivity contribution >= 4 is 11.5 Å². The summed E-state index contributed by atoms with van der Waals surface area (Å²) in [6.07, 6.45) is 3.95. The van der Waals surface area contributed by atoms with Crippen LogP contribution < -0.4 is 15.2 Å².